The van der Waals surface area contributed by atoms with E-state index in [2.05, 4.69) is 10.3 Å². The number of aliphatic hydroxyl groups is 1. The van der Waals surface area contributed by atoms with Crippen LogP contribution in [0.3, 0.4) is 0 Å². The Morgan fingerprint density at radius 1 is 1.33 bits per heavy atom. The van der Waals surface area contributed by atoms with Gasteiger partial charge in [0.05, 0.1) is 23.2 Å². The van der Waals surface area contributed by atoms with Crippen molar-refractivity contribution < 1.29 is 9.90 Å². The Hall–Kier alpha value is -1.65. The van der Waals surface area contributed by atoms with Crippen LogP contribution in [0.5, 0.6) is 0 Å². The van der Waals surface area contributed by atoms with Crippen molar-refractivity contribution in [2.24, 2.45) is 0 Å². The fourth-order valence-electron chi connectivity index (χ4n) is 3.01. The Balaban J connectivity index is 1.98. The average Bonchev–Trinajstić information content (AvgIpc) is 2.95. The predicted molar refractivity (Wildman–Crippen MR) is 82.5 cm³/mol. The maximum atomic E-state index is 12.6. The highest BCUT2D eigenvalue weighted by Gasteiger charge is 2.35. The van der Waals surface area contributed by atoms with Gasteiger partial charge in [-0.15, -0.1) is 0 Å². The topological polar surface area (TPSA) is 62.2 Å². The summed E-state index contributed by atoms with van der Waals surface area (Å²) in [5.41, 5.74) is 0.707. The van der Waals surface area contributed by atoms with E-state index in [4.69, 9.17) is 11.6 Å². The van der Waals surface area contributed by atoms with Crippen molar-refractivity contribution in [1.29, 1.82) is 0 Å². The molecule has 5 heteroatoms. The number of nitrogens with one attached hydrogen (secondary N) is 1. The van der Waals surface area contributed by atoms with Gasteiger partial charge in [-0.1, -0.05) is 42.6 Å². The molecule has 2 N–H and O–H groups in total. The Labute approximate surface area is 128 Å². The number of rotatable bonds is 3. The van der Waals surface area contributed by atoms with Crippen LogP contribution < -0.4 is 5.32 Å². The molecule has 4 nitrogen and oxygen atoms in total. The first-order valence-electron chi connectivity index (χ1n) is 7.12. The second-order valence-corrected chi connectivity index (χ2v) is 6.00. The first kappa shape index (κ1) is 14.3. The standard InChI is InChI=1S/C16H17ClN2O2/c17-14-9-12(11-5-1-2-6-13(11)18-14)15(21)19-16(10-20)7-3-4-8-16/h1-2,5-6,9,20H,3-4,7-8,10H2,(H,19,21). The van der Waals surface area contributed by atoms with Gasteiger partial charge in [0.2, 0.25) is 0 Å². The number of fused-ring (bicyclic) bond motifs is 1. The maximum absolute atomic E-state index is 12.6. The lowest BCUT2D eigenvalue weighted by molar-refractivity contribution is 0.0840. The van der Waals surface area contributed by atoms with Gasteiger partial charge in [-0.05, 0) is 25.0 Å². The van der Waals surface area contributed by atoms with E-state index in [0.717, 1.165) is 31.1 Å². The van der Waals surface area contributed by atoms with Gasteiger partial charge >= 0.3 is 0 Å². The van der Waals surface area contributed by atoms with Gasteiger partial charge in [0.1, 0.15) is 5.15 Å². The van der Waals surface area contributed by atoms with Crippen molar-refractivity contribution in [3.8, 4) is 0 Å². The van der Waals surface area contributed by atoms with Crippen LogP contribution in [0, 0.1) is 0 Å². The molecule has 1 aliphatic carbocycles. The van der Waals surface area contributed by atoms with Crippen LogP contribution in [0.2, 0.25) is 5.15 Å². The zero-order valence-electron chi connectivity index (χ0n) is 11.6. The van der Waals surface area contributed by atoms with E-state index in [1.165, 1.54) is 0 Å². The second kappa shape index (κ2) is 5.62. The van der Waals surface area contributed by atoms with E-state index in [9.17, 15) is 9.90 Å². The molecule has 0 saturated heterocycles. The average molecular weight is 305 g/mol. The van der Waals surface area contributed by atoms with Gasteiger partial charge in [0.15, 0.2) is 0 Å². The molecular weight excluding hydrogens is 288 g/mol. The molecule has 2 aromatic rings. The van der Waals surface area contributed by atoms with Crippen LogP contribution in [0.25, 0.3) is 10.9 Å². The van der Waals surface area contributed by atoms with Crippen LogP contribution in [0.1, 0.15) is 36.0 Å². The summed E-state index contributed by atoms with van der Waals surface area (Å²) in [6.45, 7) is -0.0323. The summed E-state index contributed by atoms with van der Waals surface area (Å²) in [5, 5.41) is 13.7. The predicted octanol–water partition coefficient (Wildman–Crippen LogP) is 2.92. The zero-order chi connectivity index (χ0) is 14.9. The quantitative estimate of drug-likeness (QED) is 0.857. The largest absolute Gasteiger partial charge is 0.394 e. The number of hydrogen-bond donors (Lipinski definition) is 2. The summed E-state index contributed by atoms with van der Waals surface area (Å²) in [7, 11) is 0. The van der Waals surface area contributed by atoms with Crippen LogP contribution in [-0.4, -0.2) is 28.1 Å². The van der Waals surface area contributed by atoms with Crippen LogP contribution in [-0.2, 0) is 0 Å². The van der Waals surface area contributed by atoms with Crippen molar-refractivity contribution in [3.63, 3.8) is 0 Å². The van der Waals surface area contributed by atoms with E-state index in [1.807, 2.05) is 24.3 Å². The highest BCUT2D eigenvalue weighted by Crippen LogP contribution is 2.30. The SMILES string of the molecule is O=C(NC1(CO)CCCC1)c1cc(Cl)nc2ccccc12. The maximum Gasteiger partial charge on any atom is 0.252 e. The fraction of sp³-hybridized carbons (Fsp3) is 0.375. The number of amides is 1. The van der Waals surface area contributed by atoms with Gasteiger partial charge in [-0.2, -0.15) is 0 Å². The molecule has 3 rings (SSSR count). The molecule has 0 aliphatic heterocycles. The Morgan fingerprint density at radius 2 is 2.05 bits per heavy atom. The number of benzene rings is 1. The summed E-state index contributed by atoms with van der Waals surface area (Å²) >= 11 is 6.01. The summed E-state index contributed by atoms with van der Waals surface area (Å²) < 4.78 is 0. The highest BCUT2D eigenvalue weighted by molar-refractivity contribution is 6.30. The number of aromatic nitrogens is 1. The Bertz CT molecular complexity index is 681. The third kappa shape index (κ3) is 2.74. The highest BCUT2D eigenvalue weighted by atomic mass is 35.5. The number of carbonyl (C=O) groups excluding carboxylic acids is 1. The molecule has 0 bridgehead atoms. The van der Waals surface area contributed by atoms with E-state index in [0.29, 0.717) is 16.2 Å². The number of hydrogen-bond acceptors (Lipinski definition) is 3. The number of para-hydroxylation sites is 1. The smallest absolute Gasteiger partial charge is 0.252 e. The van der Waals surface area contributed by atoms with E-state index < -0.39 is 5.54 Å². The number of carbonyl (C=O) groups is 1. The van der Waals surface area contributed by atoms with Crippen molar-refractivity contribution in [2.75, 3.05) is 6.61 Å². The third-order valence-electron chi connectivity index (χ3n) is 4.17. The summed E-state index contributed by atoms with van der Waals surface area (Å²) in [6.07, 6.45) is 3.68. The Kier molecular flexibility index (Phi) is 3.83. The molecule has 1 aliphatic rings. The molecule has 1 aromatic heterocycles. The molecule has 0 radical (unpaired) electrons. The zero-order valence-corrected chi connectivity index (χ0v) is 12.4. The number of pyridine rings is 1. The fourth-order valence-corrected chi connectivity index (χ4v) is 3.21. The minimum Gasteiger partial charge on any atom is -0.394 e. The molecular formula is C16H17ClN2O2. The monoisotopic (exact) mass is 304 g/mol. The molecule has 0 unspecified atom stereocenters. The lowest BCUT2D eigenvalue weighted by Gasteiger charge is -2.28. The van der Waals surface area contributed by atoms with E-state index in [1.54, 1.807) is 6.07 Å². The van der Waals surface area contributed by atoms with E-state index >= 15 is 0 Å². The number of halogens is 1. The molecule has 1 aromatic carbocycles. The Morgan fingerprint density at radius 3 is 2.76 bits per heavy atom. The van der Waals surface area contributed by atoms with E-state index in [-0.39, 0.29) is 12.5 Å². The molecule has 0 atom stereocenters. The van der Waals surface area contributed by atoms with Gasteiger partial charge in [-0.3, -0.25) is 4.79 Å². The third-order valence-corrected chi connectivity index (χ3v) is 4.37. The summed E-state index contributed by atoms with van der Waals surface area (Å²) in [4.78, 5) is 16.8. The molecule has 1 fully saturated rings. The molecule has 0 spiro atoms. The van der Waals surface area contributed by atoms with Crippen LogP contribution in [0.4, 0.5) is 0 Å². The van der Waals surface area contributed by atoms with Crippen molar-refractivity contribution in [3.05, 3.63) is 41.0 Å². The van der Waals surface area contributed by atoms with Gasteiger partial charge in [0.25, 0.3) is 5.91 Å². The van der Waals surface area contributed by atoms with Crippen LogP contribution >= 0.6 is 11.6 Å². The lowest BCUT2D eigenvalue weighted by Crippen LogP contribution is -2.49. The summed E-state index contributed by atoms with van der Waals surface area (Å²) in [6, 6.07) is 8.99. The van der Waals surface area contributed by atoms with Crippen molar-refractivity contribution in [1.82, 2.24) is 10.3 Å². The molecule has 110 valence electrons. The number of nitrogens with zero attached hydrogens (tertiary/aromatic N) is 1. The van der Waals surface area contributed by atoms with Gasteiger partial charge in [0, 0.05) is 5.39 Å². The number of aliphatic hydroxyl groups excluding tert-OH is 1. The lowest BCUT2D eigenvalue weighted by atomic mass is 9.97. The van der Waals surface area contributed by atoms with Crippen molar-refractivity contribution >= 4 is 28.4 Å². The van der Waals surface area contributed by atoms with Gasteiger partial charge in [-0.25, -0.2) is 4.98 Å². The molecule has 1 heterocycles. The van der Waals surface area contributed by atoms with Gasteiger partial charge < -0.3 is 10.4 Å². The minimum absolute atomic E-state index is 0.0323. The first-order valence-corrected chi connectivity index (χ1v) is 7.50. The molecule has 1 saturated carbocycles. The first-order chi connectivity index (χ1) is 10.1. The summed E-state index contributed by atoms with van der Waals surface area (Å²) in [5.74, 6) is -0.202. The molecule has 21 heavy (non-hydrogen) atoms. The molecule has 1 amide bonds. The second-order valence-electron chi connectivity index (χ2n) is 5.61. The normalized spacial score (nSPS) is 17.0. The minimum atomic E-state index is -0.492. The van der Waals surface area contributed by atoms with Crippen molar-refractivity contribution in [2.45, 2.75) is 31.2 Å². The van der Waals surface area contributed by atoms with Crippen LogP contribution in [0.15, 0.2) is 30.3 Å².